The highest BCUT2D eigenvalue weighted by Crippen LogP contribution is 2.19. The molecular weight excluding hydrogens is 809 g/mol. The molecule has 0 radical (unpaired) electrons. The highest BCUT2D eigenvalue weighted by Gasteiger charge is 2.19. The summed E-state index contributed by atoms with van der Waals surface area (Å²) in [5.41, 5.74) is 0. The van der Waals surface area contributed by atoms with Gasteiger partial charge >= 0.3 is 11.9 Å². The SMILES string of the molecule is NS(=O)(=O)c1nnc(NC(=O)CCNC(=O)CN(CCOCCOCCN(CC(=O)O)CC(=O)NCCC(=O)Nc2nnc(S(N)(=O)=O)s2)CC(=O)O)s1. The molecule has 0 saturated heterocycles. The zero-order valence-corrected chi connectivity index (χ0v) is 31.4. The van der Waals surface area contributed by atoms with Crippen LogP contribution in [-0.2, 0) is 58.3 Å². The van der Waals surface area contributed by atoms with Gasteiger partial charge in [-0.3, -0.25) is 38.6 Å². The van der Waals surface area contributed by atoms with E-state index in [1.165, 1.54) is 9.80 Å². The maximum Gasteiger partial charge on any atom is 0.317 e. The number of carboxylic acid groups (broad SMARTS) is 2. The summed E-state index contributed by atoms with van der Waals surface area (Å²) in [5, 5.41) is 51.3. The fourth-order valence-corrected chi connectivity index (χ4v) is 6.48. The lowest BCUT2D eigenvalue weighted by atomic mass is 10.3. The van der Waals surface area contributed by atoms with E-state index in [0.717, 1.165) is 0 Å². The van der Waals surface area contributed by atoms with E-state index in [-0.39, 0.29) is 88.8 Å². The van der Waals surface area contributed by atoms with E-state index in [0.29, 0.717) is 22.7 Å². The molecule has 4 amide bonds. The summed E-state index contributed by atoms with van der Waals surface area (Å²) in [6.07, 6.45) is -0.410. The Hall–Kier alpha value is -4.40. The number of primary sulfonamides is 2. The molecule has 0 aliphatic carbocycles. The molecule has 10 N–H and O–H groups in total. The number of carbonyl (C=O) groups is 6. The average Bonchev–Trinajstić information content (AvgIpc) is 3.72. The Labute approximate surface area is 315 Å². The molecule has 0 fully saturated rings. The molecule has 0 unspecified atom stereocenters. The van der Waals surface area contributed by atoms with Crippen molar-refractivity contribution >= 4 is 88.6 Å². The summed E-state index contributed by atoms with van der Waals surface area (Å²) in [7, 11) is -8.15. The van der Waals surface area contributed by atoms with Crippen LogP contribution in [0.2, 0.25) is 0 Å². The molecule has 0 saturated carbocycles. The number of carbonyl (C=O) groups excluding carboxylic acids is 4. The minimum Gasteiger partial charge on any atom is -0.480 e. The van der Waals surface area contributed by atoms with Crippen molar-refractivity contribution in [3.05, 3.63) is 0 Å². The van der Waals surface area contributed by atoms with Gasteiger partial charge in [-0.1, -0.05) is 22.7 Å². The quantitative estimate of drug-likeness (QED) is 0.0308. The number of hydrogen-bond donors (Lipinski definition) is 8. The van der Waals surface area contributed by atoms with Gasteiger partial charge in [0.2, 0.25) is 42.6 Å². The molecule has 0 aromatic carbocycles. The van der Waals surface area contributed by atoms with Gasteiger partial charge in [-0.05, 0) is 0 Å². The lowest BCUT2D eigenvalue weighted by Gasteiger charge is -2.20. The summed E-state index contributed by atoms with van der Waals surface area (Å²) in [6.45, 7) is -1.56. The van der Waals surface area contributed by atoms with Crippen LogP contribution in [0.25, 0.3) is 0 Å². The first-order chi connectivity index (χ1) is 25.3. The van der Waals surface area contributed by atoms with Crippen molar-refractivity contribution in [2.24, 2.45) is 10.3 Å². The number of amides is 4. The summed E-state index contributed by atoms with van der Waals surface area (Å²) in [6, 6.07) is 0. The van der Waals surface area contributed by atoms with Crippen LogP contribution in [0, 0.1) is 0 Å². The Bertz CT molecular complexity index is 1690. The van der Waals surface area contributed by atoms with Crippen molar-refractivity contribution in [1.82, 2.24) is 40.8 Å². The lowest BCUT2D eigenvalue weighted by Crippen LogP contribution is -2.42. The fraction of sp³-hybridized carbons (Fsp3) is 0.583. The van der Waals surface area contributed by atoms with Crippen molar-refractivity contribution in [2.45, 2.75) is 21.5 Å². The Morgan fingerprint density at radius 1 is 0.593 bits per heavy atom. The molecular formula is C24H38N12O14S4. The topological polar surface area (TPSA) is 388 Å². The van der Waals surface area contributed by atoms with Crippen molar-refractivity contribution in [2.75, 3.05) is 89.4 Å². The molecule has 2 aromatic heterocycles. The highest BCUT2D eigenvalue weighted by molar-refractivity contribution is 7.91. The largest absolute Gasteiger partial charge is 0.480 e. The van der Waals surface area contributed by atoms with E-state index in [4.69, 9.17) is 19.8 Å². The van der Waals surface area contributed by atoms with Crippen molar-refractivity contribution < 1.29 is 65.3 Å². The fourth-order valence-electron chi connectivity index (χ4n) is 3.78. The second-order valence-electron chi connectivity index (χ2n) is 10.6. The van der Waals surface area contributed by atoms with E-state index < -0.39 is 77.4 Å². The molecule has 0 aliphatic rings. The minimum absolute atomic E-state index is 0.0232. The van der Waals surface area contributed by atoms with E-state index >= 15 is 0 Å². The van der Waals surface area contributed by atoms with Gasteiger partial charge in [0.1, 0.15) is 0 Å². The van der Waals surface area contributed by atoms with Crippen molar-refractivity contribution in [1.29, 1.82) is 0 Å². The normalized spacial score (nSPS) is 11.7. The molecule has 0 spiro atoms. The molecule has 0 aliphatic heterocycles. The van der Waals surface area contributed by atoms with Crippen LogP contribution < -0.4 is 31.5 Å². The number of aliphatic carboxylic acids is 2. The van der Waals surface area contributed by atoms with Gasteiger partial charge < -0.3 is 41.0 Å². The number of nitrogens with zero attached hydrogens (tertiary/aromatic N) is 6. The van der Waals surface area contributed by atoms with E-state index in [9.17, 15) is 55.8 Å². The molecule has 2 heterocycles. The smallest absolute Gasteiger partial charge is 0.317 e. The third-order valence-corrected chi connectivity index (χ3v) is 10.4. The number of carboxylic acids is 2. The zero-order chi connectivity index (χ0) is 40.3. The third kappa shape index (κ3) is 19.6. The predicted octanol–water partition coefficient (Wildman–Crippen LogP) is -4.92. The molecule has 0 atom stereocenters. The van der Waals surface area contributed by atoms with E-state index in [2.05, 4.69) is 41.7 Å². The summed E-state index contributed by atoms with van der Waals surface area (Å²) >= 11 is 1.10. The summed E-state index contributed by atoms with van der Waals surface area (Å²) in [5.74, 6) is -4.73. The first kappa shape index (κ1) is 45.8. The van der Waals surface area contributed by atoms with Gasteiger partial charge in [0.15, 0.2) is 0 Å². The second-order valence-corrected chi connectivity index (χ2v) is 16.0. The van der Waals surface area contributed by atoms with Gasteiger partial charge in [-0.2, -0.15) is 0 Å². The average molecular weight is 847 g/mol. The van der Waals surface area contributed by atoms with Gasteiger partial charge in [0.05, 0.1) is 52.6 Å². The number of anilines is 2. The second kappa shape index (κ2) is 22.7. The zero-order valence-electron chi connectivity index (χ0n) is 28.2. The Balaban J connectivity index is 1.61. The van der Waals surface area contributed by atoms with Gasteiger partial charge in [-0.15, -0.1) is 20.4 Å². The van der Waals surface area contributed by atoms with Crippen molar-refractivity contribution in [3.63, 3.8) is 0 Å². The number of rotatable bonds is 27. The summed E-state index contributed by atoms with van der Waals surface area (Å²) in [4.78, 5) is 73.8. The molecule has 2 rings (SSSR count). The molecule has 26 nitrogen and oxygen atoms in total. The van der Waals surface area contributed by atoms with Crippen LogP contribution in [0.1, 0.15) is 12.8 Å². The standard InChI is InChI=1S/C24H38N12O14S4/c25-53(45,46)23-33-31-21(51-23)29-15(37)1-3-27-17(39)11-35(13-19(41)42)5-7-49-9-10-50-8-6-36(14-20(43)44)12-18(40)28-4-2-16(38)30-22-32-34-24(52-22)54(26,47)48/h1-14H2,(H,27,39)(H,28,40)(H,41,42)(H,43,44)(H2,25,45,46)(H2,26,47,48)(H,29,31,37)(H,30,32,38). The van der Waals surface area contributed by atoms with E-state index in [1.807, 2.05) is 0 Å². The number of ether oxygens (including phenoxy) is 2. The lowest BCUT2D eigenvalue weighted by molar-refractivity contribution is -0.140. The molecule has 302 valence electrons. The number of nitrogens with one attached hydrogen (secondary N) is 4. The Morgan fingerprint density at radius 2 is 0.963 bits per heavy atom. The number of hydrogen-bond acceptors (Lipinski definition) is 20. The van der Waals surface area contributed by atoms with Crippen LogP contribution in [0.15, 0.2) is 8.68 Å². The van der Waals surface area contributed by atoms with Crippen LogP contribution >= 0.6 is 22.7 Å². The van der Waals surface area contributed by atoms with Crippen LogP contribution in [0.4, 0.5) is 10.3 Å². The van der Waals surface area contributed by atoms with Gasteiger partial charge in [0.25, 0.3) is 20.0 Å². The Morgan fingerprint density at radius 3 is 1.28 bits per heavy atom. The maximum absolute atomic E-state index is 12.3. The predicted molar refractivity (Wildman–Crippen MR) is 185 cm³/mol. The number of aromatic nitrogens is 4. The third-order valence-electron chi connectivity index (χ3n) is 6.07. The molecule has 54 heavy (non-hydrogen) atoms. The molecule has 0 bridgehead atoms. The summed E-state index contributed by atoms with van der Waals surface area (Å²) < 4.78 is 54.9. The number of sulfonamides is 2. The van der Waals surface area contributed by atoms with E-state index in [1.54, 1.807) is 0 Å². The van der Waals surface area contributed by atoms with Gasteiger partial charge in [0, 0.05) is 39.0 Å². The highest BCUT2D eigenvalue weighted by atomic mass is 32.3. The van der Waals surface area contributed by atoms with Crippen LogP contribution in [-0.4, -0.2) is 172 Å². The minimum atomic E-state index is -4.08. The first-order valence-electron chi connectivity index (χ1n) is 15.2. The van der Waals surface area contributed by atoms with Crippen molar-refractivity contribution in [3.8, 4) is 0 Å². The molecule has 30 heteroatoms. The van der Waals surface area contributed by atoms with Crippen LogP contribution in [0.5, 0.6) is 0 Å². The van der Waals surface area contributed by atoms with Crippen LogP contribution in [0.3, 0.4) is 0 Å². The maximum atomic E-state index is 12.3. The number of nitrogens with two attached hydrogens (primary N) is 2. The first-order valence-corrected chi connectivity index (χ1v) is 19.9. The monoisotopic (exact) mass is 846 g/mol. The Kier molecular flexibility index (Phi) is 19.3. The van der Waals surface area contributed by atoms with Gasteiger partial charge in [-0.25, -0.2) is 27.1 Å². The molecule has 2 aromatic rings.